The molecule has 0 N–H and O–H groups in total. The van der Waals surface area contributed by atoms with Crippen LogP contribution < -0.4 is 0 Å². The first-order valence-corrected chi connectivity index (χ1v) is 7.18. The van der Waals surface area contributed by atoms with Gasteiger partial charge in [0, 0.05) is 12.2 Å². The fraction of sp³-hybridized carbons (Fsp3) is 0.429. The van der Waals surface area contributed by atoms with Crippen molar-refractivity contribution in [3.8, 4) is 0 Å². The molecule has 8 heteroatoms. The summed E-state index contributed by atoms with van der Waals surface area (Å²) < 4.78 is 64.1. The molecule has 0 saturated heterocycles. The van der Waals surface area contributed by atoms with Gasteiger partial charge in [0.15, 0.2) is 5.12 Å². The number of Topliss-reactive ketones (excluding diaryl/α,β-unsaturated/α-hetero) is 1. The molecule has 1 unspecified atom stereocenters. The van der Waals surface area contributed by atoms with Crippen LogP contribution in [-0.2, 0) is 15.3 Å². The van der Waals surface area contributed by atoms with Crippen LogP contribution in [-0.4, -0.2) is 23.0 Å². The number of thioether (sulfide) groups is 1. The summed E-state index contributed by atoms with van der Waals surface area (Å²) in [5.41, 5.74) is 0.609. The molecule has 0 aliphatic rings. The van der Waals surface area contributed by atoms with E-state index in [0.717, 1.165) is 6.92 Å². The maximum absolute atomic E-state index is 13.4. The van der Waals surface area contributed by atoms with Gasteiger partial charge in [-0.2, -0.15) is 22.0 Å². The number of halogens is 5. The molecule has 0 aromatic heterocycles. The van der Waals surface area contributed by atoms with Crippen molar-refractivity contribution in [2.24, 2.45) is 5.92 Å². The number of hydrogen-bond donors (Lipinski definition) is 0. The second kappa shape index (κ2) is 7.21. The minimum absolute atomic E-state index is 0.0397. The van der Waals surface area contributed by atoms with Gasteiger partial charge in [0.1, 0.15) is 11.7 Å². The van der Waals surface area contributed by atoms with Gasteiger partial charge in [0.25, 0.3) is 0 Å². The first kappa shape index (κ1) is 18.6. The number of hydrogen-bond acceptors (Lipinski definition) is 3. The van der Waals surface area contributed by atoms with Crippen molar-refractivity contribution in [3.05, 3.63) is 35.9 Å². The molecule has 0 amide bonds. The van der Waals surface area contributed by atoms with Crippen molar-refractivity contribution in [2.45, 2.75) is 31.2 Å². The third kappa shape index (κ3) is 4.79. The molecule has 0 spiro atoms. The molecule has 0 heterocycles. The molecular formula is C14H13F5O2S. The Kier molecular flexibility index (Phi) is 6.10. The predicted molar refractivity (Wildman–Crippen MR) is 72.5 cm³/mol. The van der Waals surface area contributed by atoms with E-state index in [9.17, 15) is 31.5 Å². The van der Waals surface area contributed by atoms with Crippen molar-refractivity contribution in [2.75, 3.05) is 0 Å². The highest BCUT2D eigenvalue weighted by Gasteiger charge is 2.64. The summed E-state index contributed by atoms with van der Waals surface area (Å²) in [6, 6.07) is 8.23. The molecule has 1 atom stereocenters. The molecule has 22 heavy (non-hydrogen) atoms. The van der Waals surface area contributed by atoms with Gasteiger partial charge in [-0.15, -0.1) is 0 Å². The summed E-state index contributed by atoms with van der Waals surface area (Å²) in [7, 11) is 0. The molecule has 0 bridgehead atoms. The number of carbonyl (C=O) groups is 2. The molecule has 1 aromatic rings. The van der Waals surface area contributed by atoms with Gasteiger partial charge in [-0.25, -0.2) is 0 Å². The normalized spacial score (nSPS) is 13.7. The summed E-state index contributed by atoms with van der Waals surface area (Å²) >= 11 is 0.351. The number of alkyl halides is 5. The van der Waals surface area contributed by atoms with Gasteiger partial charge in [-0.3, -0.25) is 9.59 Å². The zero-order chi connectivity index (χ0) is 17.0. The molecule has 0 fully saturated rings. The molecule has 2 nitrogen and oxygen atoms in total. The zero-order valence-electron chi connectivity index (χ0n) is 11.5. The summed E-state index contributed by atoms with van der Waals surface area (Å²) in [6.45, 7) is 0.870. The first-order valence-electron chi connectivity index (χ1n) is 6.20. The van der Waals surface area contributed by atoms with Crippen molar-refractivity contribution >= 4 is 22.7 Å². The Hall–Kier alpha value is -1.44. The van der Waals surface area contributed by atoms with E-state index >= 15 is 0 Å². The van der Waals surface area contributed by atoms with E-state index in [2.05, 4.69) is 0 Å². The lowest BCUT2D eigenvalue weighted by Gasteiger charge is -2.26. The topological polar surface area (TPSA) is 34.1 Å². The molecule has 0 aliphatic heterocycles. The second-order valence-electron chi connectivity index (χ2n) is 4.67. The van der Waals surface area contributed by atoms with E-state index in [4.69, 9.17) is 0 Å². The SMILES string of the molecule is CC(=O)CC(C(=O)SCc1ccccc1)C(F)(F)C(F)(F)F. The van der Waals surface area contributed by atoms with Crippen molar-refractivity contribution in [1.82, 2.24) is 0 Å². The average molecular weight is 340 g/mol. The molecule has 1 rings (SSSR count). The maximum Gasteiger partial charge on any atom is 0.454 e. The van der Waals surface area contributed by atoms with Gasteiger partial charge in [-0.1, -0.05) is 42.1 Å². The summed E-state index contributed by atoms with van der Waals surface area (Å²) in [4.78, 5) is 22.7. The van der Waals surface area contributed by atoms with Gasteiger partial charge in [0.05, 0.1) is 0 Å². The third-order valence-corrected chi connectivity index (χ3v) is 3.86. The van der Waals surface area contributed by atoms with Gasteiger partial charge >= 0.3 is 12.1 Å². The van der Waals surface area contributed by atoms with Gasteiger partial charge in [-0.05, 0) is 12.5 Å². The lowest BCUT2D eigenvalue weighted by molar-refractivity contribution is -0.297. The molecular weight excluding hydrogens is 327 g/mol. The minimum atomic E-state index is -5.88. The molecule has 122 valence electrons. The van der Waals surface area contributed by atoms with Crippen LogP contribution in [0, 0.1) is 5.92 Å². The predicted octanol–water partition coefficient (Wildman–Crippen LogP) is 4.24. The molecule has 0 saturated carbocycles. The standard InChI is InChI=1S/C14H13F5O2S/c1-9(20)7-11(13(15,16)14(17,18)19)12(21)22-8-10-5-3-2-4-6-10/h2-6,11H,7-8H2,1H3. The highest BCUT2D eigenvalue weighted by molar-refractivity contribution is 8.13. The van der Waals surface area contributed by atoms with E-state index in [1.165, 1.54) is 0 Å². The van der Waals surface area contributed by atoms with Gasteiger partial charge < -0.3 is 0 Å². The minimum Gasteiger partial charge on any atom is -0.300 e. The van der Waals surface area contributed by atoms with Crippen LogP contribution >= 0.6 is 11.8 Å². The summed E-state index contributed by atoms with van der Waals surface area (Å²) in [5.74, 6) is -8.89. The Morgan fingerprint density at radius 2 is 1.64 bits per heavy atom. The van der Waals surface area contributed by atoms with Crippen molar-refractivity contribution < 1.29 is 31.5 Å². The van der Waals surface area contributed by atoms with Crippen LogP contribution in [0.15, 0.2) is 30.3 Å². The van der Waals surface area contributed by atoms with E-state index in [1.54, 1.807) is 30.3 Å². The molecule has 0 aliphatic carbocycles. The van der Waals surface area contributed by atoms with Crippen LogP contribution in [0.5, 0.6) is 0 Å². The van der Waals surface area contributed by atoms with E-state index in [-0.39, 0.29) is 5.75 Å². The number of rotatable bonds is 6. The van der Waals surface area contributed by atoms with Crippen LogP contribution in [0.3, 0.4) is 0 Å². The fourth-order valence-corrected chi connectivity index (χ4v) is 2.61. The fourth-order valence-electron chi connectivity index (χ4n) is 1.67. The van der Waals surface area contributed by atoms with Gasteiger partial charge in [0.2, 0.25) is 0 Å². The maximum atomic E-state index is 13.4. The molecule has 0 radical (unpaired) electrons. The van der Waals surface area contributed by atoms with Crippen molar-refractivity contribution in [1.29, 1.82) is 0 Å². The highest BCUT2D eigenvalue weighted by Crippen LogP contribution is 2.44. The van der Waals surface area contributed by atoms with Crippen LogP contribution in [0.4, 0.5) is 22.0 Å². The smallest absolute Gasteiger partial charge is 0.300 e. The lowest BCUT2D eigenvalue weighted by atomic mass is 9.96. The highest BCUT2D eigenvalue weighted by atomic mass is 32.2. The Bertz CT molecular complexity index is 528. The second-order valence-corrected chi connectivity index (χ2v) is 5.65. The monoisotopic (exact) mass is 340 g/mol. The first-order chi connectivity index (χ1) is 10.1. The Morgan fingerprint density at radius 1 is 1.09 bits per heavy atom. The quantitative estimate of drug-likeness (QED) is 0.727. The van der Waals surface area contributed by atoms with Crippen LogP contribution in [0.2, 0.25) is 0 Å². The van der Waals surface area contributed by atoms with E-state index in [0.29, 0.717) is 17.3 Å². The largest absolute Gasteiger partial charge is 0.454 e. The van der Waals surface area contributed by atoms with E-state index < -0.39 is 35.3 Å². The zero-order valence-corrected chi connectivity index (χ0v) is 12.3. The number of carbonyl (C=O) groups excluding carboxylic acids is 2. The Morgan fingerprint density at radius 3 is 2.09 bits per heavy atom. The average Bonchev–Trinajstić information content (AvgIpc) is 2.41. The van der Waals surface area contributed by atoms with Crippen LogP contribution in [0.25, 0.3) is 0 Å². The lowest BCUT2D eigenvalue weighted by Crippen LogP contribution is -2.47. The van der Waals surface area contributed by atoms with E-state index in [1.807, 2.05) is 0 Å². The Labute approximate surface area is 128 Å². The third-order valence-electron chi connectivity index (χ3n) is 2.82. The Balaban J connectivity index is 2.87. The summed E-state index contributed by atoms with van der Waals surface area (Å²) in [6.07, 6.45) is -7.02. The number of ketones is 1. The molecule has 1 aromatic carbocycles. The summed E-state index contributed by atoms with van der Waals surface area (Å²) in [5, 5.41) is -1.35. The van der Waals surface area contributed by atoms with Crippen LogP contribution in [0.1, 0.15) is 18.9 Å². The van der Waals surface area contributed by atoms with Crippen molar-refractivity contribution in [3.63, 3.8) is 0 Å². The number of benzene rings is 1.